The molecule has 3 aromatic rings. The van der Waals surface area contributed by atoms with Gasteiger partial charge in [0.05, 0.1) is 18.9 Å². The van der Waals surface area contributed by atoms with Gasteiger partial charge in [0.2, 0.25) is 0 Å². The van der Waals surface area contributed by atoms with Crippen molar-refractivity contribution >= 4 is 22.4 Å². The minimum atomic E-state index is -0.666. The summed E-state index contributed by atoms with van der Waals surface area (Å²) >= 11 is 1.40. The summed E-state index contributed by atoms with van der Waals surface area (Å²) in [5, 5.41) is 5.35. The Kier molecular flexibility index (Phi) is 4.79. The van der Waals surface area contributed by atoms with Gasteiger partial charge >= 0.3 is 0 Å². The van der Waals surface area contributed by atoms with Crippen molar-refractivity contribution in [2.75, 3.05) is 12.4 Å². The van der Waals surface area contributed by atoms with E-state index < -0.39 is 6.10 Å². The zero-order valence-electron chi connectivity index (χ0n) is 14.3. The molecule has 5 nitrogen and oxygen atoms in total. The molecule has 1 aromatic heterocycles. The molecule has 1 unspecified atom stereocenters. The number of benzene rings is 2. The molecule has 1 N–H and O–H groups in total. The Morgan fingerprint density at radius 2 is 2.00 bits per heavy atom. The highest BCUT2D eigenvalue weighted by Gasteiger charge is 2.21. The summed E-state index contributed by atoms with van der Waals surface area (Å²) in [6, 6.07) is 15.6. The summed E-state index contributed by atoms with van der Waals surface area (Å²) in [6.07, 6.45) is -0.666. The smallest absolute Gasteiger partial charge is 0.259 e. The van der Waals surface area contributed by atoms with Gasteiger partial charge in [0.15, 0.2) is 11.2 Å². The van der Waals surface area contributed by atoms with Crippen LogP contribution in [0.5, 0.6) is 0 Å². The van der Waals surface area contributed by atoms with Crippen molar-refractivity contribution in [1.82, 2.24) is 4.98 Å². The van der Waals surface area contributed by atoms with Crippen LogP contribution in [0.15, 0.2) is 53.9 Å². The lowest BCUT2D eigenvalue weighted by Gasteiger charge is -2.14. The fraction of sp³-hybridized carbons (Fsp3) is 0.200. The number of anilines is 1. The predicted molar refractivity (Wildman–Crippen MR) is 101 cm³/mol. The highest BCUT2D eigenvalue weighted by atomic mass is 32.1. The van der Waals surface area contributed by atoms with E-state index in [1.165, 1.54) is 29.6 Å². The molecule has 0 radical (unpaired) electrons. The van der Waals surface area contributed by atoms with Gasteiger partial charge in [0, 0.05) is 18.1 Å². The SMILES string of the molecule is COC(C(=O)Nc1nc(-c2ccc3c(c2)COC3)cs1)c1ccccc1. The Hall–Kier alpha value is -2.54. The van der Waals surface area contributed by atoms with Crippen LogP contribution in [0, 0.1) is 0 Å². The largest absolute Gasteiger partial charge is 0.372 e. The van der Waals surface area contributed by atoms with Crippen LogP contribution in [-0.2, 0) is 27.5 Å². The lowest BCUT2D eigenvalue weighted by atomic mass is 10.1. The summed E-state index contributed by atoms with van der Waals surface area (Å²) in [7, 11) is 1.52. The average Bonchev–Trinajstić information content (AvgIpc) is 3.31. The van der Waals surface area contributed by atoms with Gasteiger partial charge in [-0.05, 0) is 22.8 Å². The first kappa shape index (κ1) is 16.9. The van der Waals surface area contributed by atoms with Crippen molar-refractivity contribution in [3.05, 3.63) is 70.6 Å². The van der Waals surface area contributed by atoms with E-state index in [0.717, 1.165) is 16.8 Å². The van der Waals surface area contributed by atoms with Crippen LogP contribution in [0.25, 0.3) is 11.3 Å². The minimum absolute atomic E-state index is 0.234. The minimum Gasteiger partial charge on any atom is -0.372 e. The highest BCUT2D eigenvalue weighted by molar-refractivity contribution is 7.14. The molecule has 0 spiro atoms. The summed E-state index contributed by atoms with van der Waals surface area (Å²) in [5.41, 5.74) is 5.10. The van der Waals surface area contributed by atoms with Gasteiger partial charge in [0.1, 0.15) is 0 Å². The molecule has 1 aliphatic heterocycles. The Morgan fingerprint density at radius 1 is 1.19 bits per heavy atom. The van der Waals surface area contributed by atoms with E-state index in [1.54, 1.807) is 0 Å². The van der Waals surface area contributed by atoms with Gasteiger partial charge in [-0.25, -0.2) is 4.98 Å². The molecule has 132 valence electrons. The number of aromatic nitrogens is 1. The number of methoxy groups -OCH3 is 1. The molecule has 1 atom stereocenters. The fourth-order valence-electron chi connectivity index (χ4n) is 2.99. The Bertz CT molecular complexity index is 924. The van der Waals surface area contributed by atoms with Crippen LogP contribution in [-0.4, -0.2) is 18.0 Å². The number of hydrogen-bond donors (Lipinski definition) is 1. The van der Waals surface area contributed by atoms with E-state index in [2.05, 4.69) is 22.4 Å². The standard InChI is InChI=1S/C20H18N2O3S/c1-24-18(13-5-3-2-4-6-13)19(23)22-20-21-17(12-26-20)14-7-8-15-10-25-11-16(15)9-14/h2-9,12,18H,10-11H2,1H3,(H,21,22,23). The molecule has 0 bridgehead atoms. The second-order valence-electron chi connectivity index (χ2n) is 6.03. The highest BCUT2D eigenvalue weighted by Crippen LogP contribution is 2.30. The molecule has 2 aromatic carbocycles. The van der Waals surface area contributed by atoms with Crippen molar-refractivity contribution in [1.29, 1.82) is 0 Å². The van der Waals surface area contributed by atoms with E-state index in [4.69, 9.17) is 9.47 Å². The van der Waals surface area contributed by atoms with Gasteiger partial charge in [-0.1, -0.05) is 42.5 Å². The number of thiazole rings is 1. The maximum absolute atomic E-state index is 12.6. The number of fused-ring (bicyclic) bond motifs is 1. The molecule has 1 aliphatic rings. The number of rotatable bonds is 5. The normalized spacial score (nSPS) is 14.0. The van der Waals surface area contributed by atoms with Gasteiger partial charge in [0.25, 0.3) is 5.91 Å². The van der Waals surface area contributed by atoms with Gasteiger partial charge in [-0.15, -0.1) is 11.3 Å². The molecule has 2 heterocycles. The van der Waals surface area contributed by atoms with Crippen LogP contribution < -0.4 is 5.32 Å². The van der Waals surface area contributed by atoms with Crippen LogP contribution in [0.2, 0.25) is 0 Å². The third-order valence-corrected chi connectivity index (χ3v) is 5.09. The topological polar surface area (TPSA) is 60.5 Å². The average molecular weight is 366 g/mol. The molecule has 4 rings (SSSR count). The Labute approximate surface area is 155 Å². The van der Waals surface area contributed by atoms with Crippen molar-refractivity contribution in [2.45, 2.75) is 19.3 Å². The van der Waals surface area contributed by atoms with Crippen molar-refractivity contribution in [3.8, 4) is 11.3 Å². The quantitative estimate of drug-likeness (QED) is 0.736. The third-order valence-electron chi connectivity index (χ3n) is 4.33. The molecule has 0 saturated heterocycles. The monoisotopic (exact) mass is 366 g/mol. The molecule has 0 fully saturated rings. The number of hydrogen-bond acceptors (Lipinski definition) is 5. The number of carbonyl (C=O) groups is 1. The van der Waals surface area contributed by atoms with Gasteiger partial charge in [-0.2, -0.15) is 0 Å². The zero-order chi connectivity index (χ0) is 17.9. The number of nitrogens with one attached hydrogen (secondary N) is 1. The summed E-state index contributed by atoms with van der Waals surface area (Å²) < 4.78 is 10.8. The fourth-order valence-corrected chi connectivity index (χ4v) is 3.71. The van der Waals surface area contributed by atoms with E-state index in [0.29, 0.717) is 18.3 Å². The summed E-state index contributed by atoms with van der Waals surface area (Å²) in [6.45, 7) is 1.31. The van der Waals surface area contributed by atoms with Crippen LogP contribution in [0.3, 0.4) is 0 Å². The number of ether oxygens (including phenoxy) is 2. The van der Waals surface area contributed by atoms with Crippen LogP contribution in [0.1, 0.15) is 22.8 Å². The van der Waals surface area contributed by atoms with E-state index in [-0.39, 0.29) is 5.91 Å². The van der Waals surface area contributed by atoms with Crippen molar-refractivity contribution in [2.24, 2.45) is 0 Å². The molecular formula is C20H18N2O3S. The van der Waals surface area contributed by atoms with Crippen molar-refractivity contribution < 1.29 is 14.3 Å². The number of carbonyl (C=O) groups excluding carboxylic acids is 1. The lowest BCUT2D eigenvalue weighted by Crippen LogP contribution is -2.22. The van der Waals surface area contributed by atoms with Crippen molar-refractivity contribution in [3.63, 3.8) is 0 Å². The first-order chi connectivity index (χ1) is 12.7. The second-order valence-corrected chi connectivity index (χ2v) is 6.89. The molecule has 6 heteroatoms. The maximum Gasteiger partial charge on any atom is 0.259 e. The second kappa shape index (κ2) is 7.37. The molecule has 1 amide bonds. The first-order valence-corrected chi connectivity index (χ1v) is 9.16. The third kappa shape index (κ3) is 3.39. The van der Waals surface area contributed by atoms with Gasteiger partial charge in [-0.3, -0.25) is 10.1 Å². The Balaban J connectivity index is 1.50. The van der Waals surface area contributed by atoms with E-state index >= 15 is 0 Å². The van der Waals surface area contributed by atoms with Crippen LogP contribution >= 0.6 is 11.3 Å². The molecule has 0 aliphatic carbocycles. The predicted octanol–water partition coefficient (Wildman–Crippen LogP) is 4.17. The zero-order valence-corrected chi connectivity index (χ0v) is 15.1. The van der Waals surface area contributed by atoms with E-state index in [9.17, 15) is 4.79 Å². The summed E-state index contributed by atoms with van der Waals surface area (Å²) in [4.78, 5) is 17.1. The number of nitrogens with zero attached hydrogens (tertiary/aromatic N) is 1. The summed E-state index contributed by atoms with van der Waals surface area (Å²) in [5.74, 6) is -0.234. The molecule has 26 heavy (non-hydrogen) atoms. The first-order valence-electron chi connectivity index (χ1n) is 8.28. The Morgan fingerprint density at radius 3 is 2.81 bits per heavy atom. The van der Waals surface area contributed by atoms with Crippen LogP contribution in [0.4, 0.5) is 5.13 Å². The maximum atomic E-state index is 12.6. The lowest BCUT2D eigenvalue weighted by molar-refractivity contribution is -0.126. The molecule has 0 saturated carbocycles. The van der Waals surface area contributed by atoms with E-state index in [1.807, 2.05) is 41.8 Å². The molecular weight excluding hydrogens is 348 g/mol. The van der Waals surface area contributed by atoms with Gasteiger partial charge < -0.3 is 9.47 Å². The number of amides is 1.